The summed E-state index contributed by atoms with van der Waals surface area (Å²) in [4.78, 5) is 26.5. The first-order valence-electron chi connectivity index (χ1n) is 5.80. The van der Waals surface area contributed by atoms with Crippen LogP contribution in [-0.2, 0) is 9.59 Å². The number of amides is 1. The maximum Gasteiger partial charge on any atom is 0.305 e. The molecular weight excluding hydrogens is 282 g/mol. The Labute approximate surface area is 119 Å². The monoisotopic (exact) mass is 293 g/mol. The van der Waals surface area contributed by atoms with Gasteiger partial charge in [-0.15, -0.1) is 0 Å². The molecule has 2 rings (SSSR count). The zero-order valence-corrected chi connectivity index (χ0v) is 11.1. The molecule has 0 aliphatic heterocycles. The summed E-state index contributed by atoms with van der Waals surface area (Å²) >= 11 is 5.97. The lowest BCUT2D eigenvalue weighted by Gasteiger charge is -2.12. The molecule has 1 amide bonds. The van der Waals surface area contributed by atoms with E-state index in [4.69, 9.17) is 22.4 Å². The number of halogens is 1. The summed E-state index contributed by atoms with van der Waals surface area (Å²) in [5.41, 5.74) is 6.47. The van der Waals surface area contributed by atoms with E-state index >= 15 is 0 Å². The number of carboxylic acids is 1. The summed E-state index contributed by atoms with van der Waals surface area (Å²) in [5.74, 6) is -1.73. The van der Waals surface area contributed by atoms with Gasteiger partial charge in [0.2, 0.25) is 5.91 Å². The Balaban J connectivity index is 2.29. The molecule has 6 nitrogen and oxygen atoms in total. The van der Waals surface area contributed by atoms with Gasteiger partial charge in [0.25, 0.3) is 0 Å². The first-order valence-corrected chi connectivity index (χ1v) is 6.17. The Morgan fingerprint density at radius 2 is 2.20 bits per heavy atom. The SMILES string of the molecule is NC(CC(=O)O)C(=O)Nc1cc(Cl)cc2cccnc12. The van der Waals surface area contributed by atoms with E-state index in [-0.39, 0.29) is 0 Å². The van der Waals surface area contributed by atoms with Crippen LogP contribution in [0, 0.1) is 0 Å². The number of hydrogen-bond acceptors (Lipinski definition) is 4. The van der Waals surface area contributed by atoms with Crippen LogP contribution in [0.3, 0.4) is 0 Å². The highest BCUT2D eigenvalue weighted by Gasteiger charge is 2.18. The number of aromatic nitrogens is 1. The van der Waals surface area contributed by atoms with Crippen LogP contribution in [0.2, 0.25) is 5.02 Å². The van der Waals surface area contributed by atoms with E-state index in [1.165, 1.54) is 0 Å². The minimum atomic E-state index is -1.14. The fourth-order valence-corrected chi connectivity index (χ4v) is 1.98. The minimum absolute atomic E-state index is 0.402. The molecule has 0 spiro atoms. The molecule has 4 N–H and O–H groups in total. The molecule has 7 heteroatoms. The van der Waals surface area contributed by atoms with Gasteiger partial charge >= 0.3 is 5.97 Å². The largest absolute Gasteiger partial charge is 0.481 e. The van der Waals surface area contributed by atoms with Crippen LogP contribution in [0.25, 0.3) is 10.9 Å². The number of rotatable bonds is 4. The molecule has 104 valence electrons. The van der Waals surface area contributed by atoms with Gasteiger partial charge in [0.05, 0.1) is 23.7 Å². The van der Waals surface area contributed by atoms with Crippen LogP contribution in [0.5, 0.6) is 0 Å². The topological polar surface area (TPSA) is 105 Å². The van der Waals surface area contributed by atoms with Crippen molar-refractivity contribution >= 4 is 40.1 Å². The van der Waals surface area contributed by atoms with Gasteiger partial charge in [0.1, 0.15) is 0 Å². The Bertz CT molecular complexity index is 675. The Morgan fingerprint density at radius 1 is 1.45 bits per heavy atom. The third-order valence-electron chi connectivity index (χ3n) is 2.66. The van der Waals surface area contributed by atoms with E-state index in [1.807, 2.05) is 0 Å². The number of nitrogens with one attached hydrogen (secondary N) is 1. The van der Waals surface area contributed by atoms with Gasteiger partial charge in [-0.05, 0) is 18.2 Å². The van der Waals surface area contributed by atoms with Crippen molar-refractivity contribution in [2.45, 2.75) is 12.5 Å². The average molecular weight is 294 g/mol. The summed E-state index contributed by atoms with van der Waals surface area (Å²) in [5, 5.41) is 12.4. The van der Waals surface area contributed by atoms with Gasteiger partial charge in [-0.3, -0.25) is 14.6 Å². The van der Waals surface area contributed by atoms with Gasteiger partial charge < -0.3 is 16.2 Å². The smallest absolute Gasteiger partial charge is 0.305 e. The van der Waals surface area contributed by atoms with E-state index in [0.29, 0.717) is 16.2 Å². The van der Waals surface area contributed by atoms with Crippen molar-refractivity contribution in [3.63, 3.8) is 0 Å². The highest BCUT2D eigenvalue weighted by molar-refractivity contribution is 6.32. The summed E-state index contributed by atoms with van der Waals surface area (Å²) in [6.07, 6.45) is 1.14. The summed E-state index contributed by atoms with van der Waals surface area (Å²) in [7, 11) is 0. The fraction of sp³-hybridized carbons (Fsp3) is 0.154. The Hall–Kier alpha value is -2.18. The molecule has 0 saturated heterocycles. The average Bonchev–Trinajstić information content (AvgIpc) is 2.37. The second-order valence-electron chi connectivity index (χ2n) is 4.22. The molecule has 0 aliphatic rings. The lowest BCUT2D eigenvalue weighted by molar-refractivity contribution is -0.138. The van der Waals surface area contributed by atoms with E-state index in [9.17, 15) is 9.59 Å². The minimum Gasteiger partial charge on any atom is -0.481 e. The Kier molecular flexibility index (Phi) is 4.16. The van der Waals surface area contributed by atoms with Crippen molar-refractivity contribution in [2.75, 3.05) is 5.32 Å². The molecule has 1 aromatic carbocycles. The van der Waals surface area contributed by atoms with Crippen LogP contribution in [0.4, 0.5) is 5.69 Å². The number of anilines is 1. The molecule has 1 heterocycles. The van der Waals surface area contributed by atoms with Crippen molar-refractivity contribution in [1.82, 2.24) is 4.98 Å². The molecule has 0 aliphatic carbocycles. The lowest BCUT2D eigenvalue weighted by atomic mass is 10.1. The van der Waals surface area contributed by atoms with Crippen LogP contribution < -0.4 is 11.1 Å². The van der Waals surface area contributed by atoms with E-state index in [0.717, 1.165) is 5.39 Å². The highest BCUT2D eigenvalue weighted by atomic mass is 35.5. The van der Waals surface area contributed by atoms with E-state index < -0.39 is 24.3 Å². The molecule has 20 heavy (non-hydrogen) atoms. The van der Waals surface area contributed by atoms with Gasteiger partial charge in [-0.25, -0.2) is 0 Å². The first kappa shape index (κ1) is 14.2. The van der Waals surface area contributed by atoms with Crippen molar-refractivity contribution < 1.29 is 14.7 Å². The second kappa shape index (κ2) is 5.85. The molecule has 1 unspecified atom stereocenters. The number of pyridine rings is 1. The number of carbonyl (C=O) groups excluding carboxylic acids is 1. The summed E-state index contributed by atoms with van der Waals surface area (Å²) in [6.45, 7) is 0. The molecule has 0 radical (unpaired) electrons. The van der Waals surface area contributed by atoms with Gasteiger partial charge in [0, 0.05) is 16.6 Å². The third kappa shape index (κ3) is 3.23. The number of nitrogens with zero attached hydrogens (tertiary/aromatic N) is 1. The van der Waals surface area contributed by atoms with Crippen molar-refractivity contribution in [3.05, 3.63) is 35.5 Å². The number of carbonyl (C=O) groups is 2. The molecule has 0 fully saturated rings. The second-order valence-corrected chi connectivity index (χ2v) is 4.66. The lowest BCUT2D eigenvalue weighted by Crippen LogP contribution is -2.37. The molecule has 1 atom stereocenters. The number of aliphatic carboxylic acids is 1. The zero-order chi connectivity index (χ0) is 14.7. The Morgan fingerprint density at radius 3 is 2.90 bits per heavy atom. The van der Waals surface area contributed by atoms with Crippen LogP contribution in [0.1, 0.15) is 6.42 Å². The fourth-order valence-electron chi connectivity index (χ4n) is 1.76. The first-order chi connectivity index (χ1) is 9.47. The van der Waals surface area contributed by atoms with E-state index in [2.05, 4.69) is 10.3 Å². The molecule has 0 saturated carbocycles. The maximum atomic E-state index is 11.8. The summed E-state index contributed by atoms with van der Waals surface area (Å²) < 4.78 is 0. The maximum absolute atomic E-state index is 11.8. The predicted octanol–water partition coefficient (Wildman–Crippen LogP) is 1.63. The zero-order valence-electron chi connectivity index (χ0n) is 10.3. The summed E-state index contributed by atoms with van der Waals surface area (Å²) in [6, 6.07) is 5.69. The number of hydrogen-bond donors (Lipinski definition) is 3. The normalized spacial score (nSPS) is 12.1. The highest BCUT2D eigenvalue weighted by Crippen LogP contribution is 2.26. The standard InChI is InChI=1S/C13H12ClN3O3/c14-8-4-7-2-1-3-16-12(7)10(5-8)17-13(20)9(15)6-11(18)19/h1-5,9H,6,15H2,(H,17,20)(H,18,19). The van der Waals surface area contributed by atoms with Crippen LogP contribution >= 0.6 is 11.6 Å². The van der Waals surface area contributed by atoms with Gasteiger partial charge in [-0.1, -0.05) is 17.7 Å². The number of carboxylic acid groups (broad SMARTS) is 1. The van der Waals surface area contributed by atoms with Gasteiger partial charge in [-0.2, -0.15) is 0 Å². The van der Waals surface area contributed by atoms with Crippen LogP contribution in [-0.4, -0.2) is 28.0 Å². The molecular formula is C13H12ClN3O3. The van der Waals surface area contributed by atoms with Crippen molar-refractivity contribution in [3.8, 4) is 0 Å². The number of fused-ring (bicyclic) bond motifs is 1. The van der Waals surface area contributed by atoms with Crippen LogP contribution in [0.15, 0.2) is 30.5 Å². The molecule has 2 aromatic rings. The number of benzene rings is 1. The third-order valence-corrected chi connectivity index (χ3v) is 2.88. The predicted molar refractivity (Wildman–Crippen MR) is 75.6 cm³/mol. The van der Waals surface area contributed by atoms with Crippen molar-refractivity contribution in [1.29, 1.82) is 0 Å². The van der Waals surface area contributed by atoms with Gasteiger partial charge in [0.15, 0.2) is 0 Å². The number of nitrogens with two attached hydrogens (primary N) is 1. The quantitative estimate of drug-likeness (QED) is 0.794. The molecule has 0 bridgehead atoms. The molecule has 1 aromatic heterocycles. The van der Waals surface area contributed by atoms with Crippen molar-refractivity contribution in [2.24, 2.45) is 5.73 Å². The van der Waals surface area contributed by atoms with E-state index in [1.54, 1.807) is 30.5 Å².